The van der Waals surface area contributed by atoms with E-state index < -0.39 is 15.9 Å². The minimum atomic E-state index is -4.23. The number of carbonyl (C=O) groups excluding carboxylic acids is 1. The summed E-state index contributed by atoms with van der Waals surface area (Å²) in [5, 5.41) is 0. The summed E-state index contributed by atoms with van der Waals surface area (Å²) < 4.78 is 102. The number of sulfonamides is 1. The maximum Gasteiger partial charge on any atom is 0.265 e. The van der Waals surface area contributed by atoms with Crippen molar-refractivity contribution in [3.63, 3.8) is 0 Å². The van der Waals surface area contributed by atoms with E-state index in [-0.39, 0.29) is 49.7 Å². The van der Waals surface area contributed by atoms with Gasteiger partial charge in [-0.2, -0.15) is 0 Å². The molecule has 386 valence electrons. The fraction of sp³-hybridized carbons (Fsp3) is 0.436. The monoisotopic (exact) mass is 1010 g/mol. The smallest absolute Gasteiger partial charge is 0.265 e. The molecule has 0 atom stereocenters. The number of nitrogens with one attached hydrogen (secondary N) is 1. The van der Waals surface area contributed by atoms with Gasteiger partial charge in [0.1, 0.15) is 49.4 Å². The SMILES string of the molecule is O=C(NS(=O)(=O)c1ccccc1)c1cc2c3c(c1)Cc1cc4cc(c1)OCCOCCOCCOCCOCCOc1cc(cc(c1)C2)Cc1cccc(c1OCCOCCOCCOCCOCCO3)C4. The zero-order chi connectivity index (χ0) is 49.6. The standard InChI is InChI=1S/C55H65NO15S/c57-55(56-72(58,59)52-7-2-1-3-8-52)49-39-47-33-43-29-41-31-45-5-4-6-46-32-42-30-44(34-48(40-49)54(47)71-28-24-67-20-16-63-12-11-62-15-19-66-23-27-70-53(45)46)38-51(36-42)69-26-22-65-18-14-61-10-9-60-13-17-64-21-25-68-50(35-41)37-43/h1-8,29-30,35-40H,9-28,31-34H2,(H,56,57). The van der Waals surface area contributed by atoms with Crippen LogP contribution in [0.15, 0.2) is 102 Å². The molecule has 0 saturated heterocycles. The number of fused-ring (bicyclic) bond motifs is 3. The molecule has 2 aliphatic heterocycles. The predicted octanol–water partition coefficient (Wildman–Crippen LogP) is 6.16. The van der Waals surface area contributed by atoms with Gasteiger partial charge in [0.25, 0.3) is 15.9 Å². The summed E-state index contributed by atoms with van der Waals surface area (Å²) in [5.41, 5.74) is 7.01. The molecular weight excluding hydrogens is 947 g/mol. The molecule has 5 aromatic rings. The lowest BCUT2D eigenvalue weighted by Gasteiger charge is -2.21. The molecule has 0 spiro atoms. The predicted molar refractivity (Wildman–Crippen MR) is 267 cm³/mol. The van der Waals surface area contributed by atoms with E-state index in [0.717, 1.165) is 39.1 Å². The number of amides is 1. The van der Waals surface area contributed by atoms with Gasteiger partial charge in [0.05, 0.1) is 111 Å². The lowest BCUT2D eigenvalue weighted by Crippen LogP contribution is -2.30. The van der Waals surface area contributed by atoms with Crippen molar-refractivity contribution in [2.24, 2.45) is 0 Å². The molecule has 0 fully saturated rings. The molecule has 5 aromatic carbocycles. The Balaban J connectivity index is 1.26. The molecule has 16 nitrogen and oxygen atoms in total. The summed E-state index contributed by atoms with van der Waals surface area (Å²) in [7, 11) is -4.23. The molecule has 1 aliphatic carbocycles. The minimum absolute atomic E-state index is 0.0331. The number of hydrogen-bond acceptors (Lipinski definition) is 15. The highest BCUT2D eigenvalue weighted by Crippen LogP contribution is 2.36. The Morgan fingerprint density at radius 3 is 1.08 bits per heavy atom. The van der Waals surface area contributed by atoms with Gasteiger partial charge in [-0.3, -0.25) is 4.79 Å². The number of carbonyl (C=O) groups is 1. The molecule has 17 heteroatoms. The molecule has 0 saturated carbocycles. The Morgan fingerprint density at radius 2 is 0.694 bits per heavy atom. The van der Waals surface area contributed by atoms with E-state index >= 15 is 0 Å². The van der Waals surface area contributed by atoms with Crippen molar-refractivity contribution in [2.45, 2.75) is 30.6 Å². The van der Waals surface area contributed by atoms with E-state index in [4.69, 9.17) is 56.8 Å². The van der Waals surface area contributed by atoms with Crippen molar-refractivity contribution in [1.82, 2.24) is 4.72 Å². The van der Waals surface area contributed by atoms with Crippen LogP contribution in [0.2, 0.25) is 0 Å². The molecule has 72 heavy (non-hydrogen) atoms. The van der Waals surface area contributed by atoms with Crippen LogP contribution in [-0.4, -0.2) is 146 Å². The zero-order valence-electron chi connectivity index (χ0n) is 40.7. The highest BCUT2D eigenvalue weighted by Gasteiger charge is 2.24. The lowest BCUT2D eigenvalue weighted by molar-refractivity contribution is -0.00706. The molecule has 1 N–H and O–H groups in total. The Morgan fingerprint density at radius 1 is 0.361 bits per heavy atom. The molecule has 8 rings (SSSR count). The molecule has 2 heterocycles. The van der Waals surface area contributed by atoms with Crippen LogP contribution in [0.1, 0.15) is 54.9 Å². The van der Waals surface area contributed by atoms with Gasteiger partial charge in [0.2, 0.25) is 0 Å². The van der Waals surface area contributed by atoms with Crippen molar-refractivity contribution in [3.8, 4) is 23.0 Å². The van der Waals surface area contributed by atoms with Gasteiger partial charge in [-0.1, -0.05) is 48.5 Å². The quantitative estimate of drug-likeness (QED) is 0.214. The number of para-hydroxylation sites is 1. The largest absolute Gasteiger partial charge is 0.491 e. The summed E-state index contributed by atoms with van der Waals surface area (Å²) in [6, 6.07) is 29.6. The Hall–Kier alpha value is -5.60. The second kappa shape index (κ2) is 28.0. The van der Waals surface area contributed by atoms with Crippen LogP contribution in [0.5, 0.6) is 23.0 Å². The van der Waals surface area contributed by atoms with Crippen LogP contribution in [-0.2, 0) is 73.6 Å². The first-order valence-corrected chi connectivity index (χ1v) is 26.1. The summed E-state index contributed by atoms with van der Waals surface area (Å²) in [4.78, 5) is 14.3. The second-order valence-corrected chi connectivity index (χ2v) is 18.9. The molecular formula is C55H65NO15S. The highest BCUT2D eigenvalue weighted by atomic mass is 32.2. The van der Waals surface area contributed by atoms with E-state index in [9.17, 15) is 13.2 Å². The van der Waals surface area contributed by atoms with Gasteiger partial charge in [-0.25, -0.2) is 13.1 Å². The Bertz CT molecular complexity index is 2500. The van der Waals surface area contributed by atoms with E-state index in [1.54, 1.807) is 30.3 Å². The summed E-state index contributed by atoms with van der Waals surface area (Å²) >= 11 is 0. The molecule has 0 radical (unpaired) electrons. The first-order valence-electron chi connectivity index (χ1n) is 24.6. The summed E-state index contributed by atoms with van der Waals surface area (Å²) in [6.45, 7) is 7.15. The fourth-order valence-electron chi connectivity index (χ4n) is 8.55. The van der Waals surface area contributed by atoms with Crippen LogP contribution in [0.25, 0.3) is 0 Å². The number of rotatable bonds is 3. The minimum Gasteiger partial charge on any atom is -0.491 e. The summed E-state index contributed by atoms with van der Waals surface area (Å²) in [6.07, 6.45) is 1.54. The average molecular weight is 1010 g/mol. The molecule has 1 amide bonds. The van der Waals surface area contributed by atoms with Crippen LogP contribution in [0.3, 0.4) is 0 Å². The third-order valence-electron chi connectivity index (χ3n) is 11.8. The van der Waals surface area contributed by atoms with Crippen molar-refractivity contribution in [3.05, 3.63) is 147 Å². The van der Waals surface area contributed by atoms with Crippen molar-refractivity contribution in [2.75, 3.05) is 132 Å². The van der Waals surface area contributed by atoms with Crippen molar-refractivity contribution >= 4 is 15.9 Å². The third-order valence-corrected chi connectivity index (χ3v) is 13.1. The van der Waals surface area contributed by atoms with Crippen molar-refractivity contribution < 1.29 is 70.1 Å². The number of ether oxygens (including phenoxy) is 12. The highest BCUT2D eigenvalue weighted by molar-refractivity contribution is 7.90. The maximum absolute atomic E-state index is 14.3. The first kappa shape index (κ1) is 52.7. The van der Waals surface area contributed by atoms with Crippen LogP contribution in [0.4, 0.5) is 0 Å². The molecule has 0 aromatic heterocycles. The van der Waals surface area contributed by atoms with E-state index in [1.165, 1.54) is 12.1 Å². The lowest BCUT2D eigenvalue weighted by atomic mass is 9.91. The van der Waals surface area contributed by atoms with E-state index in [0.29, 0.717) is 147 Å². The van der Waals surface area contributed by atoms with E-state index in [1.807, 2.05) is 24.3 Å². The van der Waals surface area contributed by atoms with Gasteiger partial charge < -0.3 is 56.8 Å². The van der Waals surface area contributed by atoms with Gasteiger partial charge in [0.15, 0.2) is 0 Å². The third kappa shape index (κ3) is 16.5. The fourth-order valence-corrected chi connectivity index (χ4v) is 9.55. The molecule has 0 unspecified atom stereocenters. The number of benzene rings is 5. The zero-order valence-corrected chi connectivity index (χ0v) is 41.6. The molecule has 3 aliphatic rings. The first-order chi connectivity index (χ1) is 35.4. The van der Waals surface area contributed by atoms with Crippen LogP contribution in [0, 0.1) is 0 Å². The normalized spacial score (nSPS) is 17.9. The van der Waals surface area contributed by atoms with Gasteiger partial charge in [-0.05, 0) is 93.0 Å². The second-order valence-electron chi connectivity index (χ2n) is 17.2. The Kier molecular flexibility index (Phi) is 20.5. The molecule has 12 bridgehead atoms. The van der Waals surface area contributed by atoms with Gasteiger partial charge >= 0.3 is 0 Å². The van der Waals surface area contributed by atoms with Crippen molar-refractivity contribution in [1.29, 1.82) is 0 Å². The van der Waals surface area contributed by atoms with Crippen LogP contribution >= 0.6 is 0 Å². The number of hydrogen-bond donors (Lipinski definition) is 1. The Labute approximate surface area is 422 Å². The van der Waals surface area contributed by atoms with Gasteiger partial charge in [0, 0.05) is 31.2 Å². The summed E-state index contributed by atoms with van der Waals surface area (Å²) in [5.74, 6) is 1.76. The topological polar surface area (TPSA) is 174 Å². The van der Waals surface area contributed by atoms with Crippen LogP contribution < -0.4 is 23.7 Å². The van der Waals surface area contributed by atoms with Gasteiger partial charge in [-0.15, -0.1) is 0 Å². The average Bonchev–Trinajstić information content (AvgIpc) is 3.36. The van der Waals surface area contributed by atoms with E-state index in [2.05, 4.69) is 35.1 Å². The maximum atomic E-state index is 14.3.